The third kappa shape index (κ3) is 6.42. The van der Waals surface area contributed by atoms with Gasteiger partial charge in [0.2, 0.25) is 5.91 Å². The van der Waals surface area contributed by atoms with Crippen LogP contribution in [0.15, 0.2) is 71.6 Å². The second-order valence-corrected chi connectivity index (χ2v) is 9.93. The van der Waals surface area contributed by atoms with Crippen LogP contribution in [-0.4, -0.2) is 41.1 Å². The highest BCUT2D eigenvalue weighted by Gasteiger charge is 2.27. The van der Waals surface area contributed by atoms with Gasteiger partial charge in [0.05, 0.1) is 24.2 Å². The largest absolute Gasteiger partial charge is 0.497 e. The number of rotatable bonds is 10. The Kier molecular flexibility index (Phi) is 8.41. The number of anilines is 1. The minimum atomic E-state index is -4.05. The number of amides is 1. The number of carbonyl (C=O) groups excluding carboxylic acids is 1. The van der Waals surface area contributed by atoms with Crippen LogP contribution in [-0.2, 0) is 14.8 Å². The highest BCUT2D eigenvalue weighted by atomic mass is 35.5. The quantitative estimate of drug-likeness (QED) is 0.416. The number of sulfonamides is 1. The van der Waals surface area contributed by atoms with Gasteiger partial charge in [-0.3, -0.25) is 9.10 Å². The Bertz CT molecular complexity index is 1250. The Morgan fingerprint density at radius 2 is 1.76 bits per heavy atom. The molecule has 0 aliphatic rings. The molecule has 0 aromatic heterocycles. The van der Waals surface area contributed by atoms with Crippen molar-refractivity contribution in [2.45, 2.75) is 18.7 Å². The number of hydrogen-bond acceptors (Lipinski definition) is 5. The summed E-state index contributed by atoms with van der Waals surface area (Å²) in [5.74, 6) is 0.799. The van der Waals surface area contributed by atoms with Gasteiger partial charge in [-0.25, -0.2) is 8.42 Å². The number of halogens is 1. The summed E-state index contributed by atoms with van der Waals surface area (Å²) in [5, 5.41) is 3.08. The maximum atomic E-state index is 13.4. The topological polar surface area (TPSA) is 84.9 Å². The number of benzene rings is 3. The lowest BCUT2D eigenvalue weighted by molar-refractivity contribution is -0.119. The first kappa shape index (κ1) is 25.4. The summed E-state index contributed by atoms with van der Waals surface area (Å²) >= 11 is 6.09. The van der Waals surface area contributed by atoms with Crippen molar-refractivity contribution < 1.29 is 22.7 Å². The standard InChI is InChI=1S/C25H27ClN2O5S/c1-18-7-8-19(2)24(15-18)33-14-13-27-25(29)17-28(21-6-4-5-20(26)16-21)34(30,31)23-11-9-22(32-3)10-12-23/h4-12,15-16H,13-14,17H2,1-3H3,(H,27,29). The molecule has 7 nitrogen and oxygen atoms in total. The van der Waals surface area contributed by atoms with Gasteiger partial charge >= 0.3 is 0 Å². The van der Waals surface area contributed by atoms with Gasteiger partial charge in [-0.15, -0.1) is 0 Å². The molecule has 0 spiro atoms. The number of aryl methyl sites for hydroxylation is 2. The molecule has 0 saturated heterocycles. The van der Waals surface area contributed by atoms with E-state index in [1.807, 2.05) is 32.0 Å². The van der Waals surface area contributed by atoms with Crippen molar-refractivity contribution in [3.8, 4) is 11.5 Å². The zero-order valence-electron chi connectivity index (χ0n) is 19.2. The zero-order valence-corrected chi connectivity index (χ0v) is 20.8. The lowest BCUT2D eigenvalue weighted by Gasteiger charge is -2.24. The number of nitrogens with one attached hydrogen (secondary N) is 1. The van der Waals surface area contributed by atoms with Gasteiger partial charge < -0.3 is 14.8 Å². The van der Waals surface area contributed by atoms with E-state index >= 15 is 0 Å². The molecule has 0 aliphatic heterocycles. The molecule has 3 aromatic rings. The van der Waals surface area contributed by atoms with E-state index in [0.29, 0.717) is 10.8 Å². The molecule has 1 N–H and O–H groups in total. The van der Waals surface area contributed by atoms with E-state index in [1.54, 1.807) is 30.3 Å². The summed E-state index contributed by atoms with van der Waals surface area (Å²) in [5.41, 5.74) is 2.35. The average Bonchev–Trinajstić information content (AvgIpc) is 2.82. The van der Waals surface area contributed by atoms with E-state index in [4.69, 9.17) is 21.1 Å². The van der Waals surface area contributed by atoms with Crippen LogP contribution >= 0.6 is 11.6 Å². The zero-order chi connectivity index (χ0) is 24.7. The van der Waals surface area contributed by atoms with Crippen molar-refractivity contribution in [1.82, 2.24) is 5.32 Å². The molecule has 0 heterocycles. The van der Waals surface area contributed by atoms with E-state index in [2.05, 4.69) is 5.32 Å². The summed E-state index contributed by atoms with van der Waals surface area (Å²) in [6.07, 6.45) is 0. The molecule has 0 aliphatic carbocycles. The van der Waals surface area contributed by atoms with Crippen molar-refractivity contribution >= 4 is 33.2 Å². The van der Waals surface area contributed by atoms with Gasteiger partial charge in [-0.1, -0.05) is 29.8 Å². The highest BCUT2D eigenvalue weighted by molar-refractivity contribution is 7.92. The first-order valence-electron chi connectivity index (χ1n) is 10.6. The lowest BCUT2D eigenvalue weighted by atomic mass is 10.1. The summed E-state index contributed by atoms with van der Waals surface area (Å²) in [6, 6.07) is 18.2. The minimum Gasteiger partial charge on any atom is -0.497 e. The van der Waals surface area contributed by atoms with Crippen LogP contribution in [0.2, 0.25) is 5.02 Å². The van der Waals surface area contributed by atoms with Crippen LogP contribution in [0.25, 0.3) is 0 Å². The summed E-state index contributed by atoms with van der Waals surface area (Å²) in [7, 11) is -2.55. The highest BCUT2D eigenvalue weighted by Crippen LogP contribution is 2.27. The summed E-state index contributed by atoms with van der Waals surface area (Å²) < 4.78 is 38.7. The second kappa shape index (κ2) is 11.3. The molecular formula is C25H27ClN2O5S. The summed E-state index contributed by atoms with van der Waals surface area (Å²) in [4.78, 5) is 12.7. The second-order valence-electron chi connectivity index (χ2n) is 7.63. The van der Waals surface area contributed by atoms with Crippen molar-refractivity contribution in [3.63, 3.8) is 0 Å². The van der Waals surface area contributed by atoms with Gasteiger partial charge in [-0.2, -0.15) is 0 Å². The van der Waals surface area contributed by atoms with E-state index in [0.717, 1.165) is 21.2 Å². The molecule has 9 heteroatoms. The predicted octanol–water partition coefficient (Wildman–Crippen LogP) is 4.36. The van der Waals surface area contributed by atoms with E-state index < -0.39 is 22.5 Å². The molecule has 0 bridgehead atoms. The Hall–Kier alpha value is -3.23. The fraction of sp³-hybridized carbons (Fsp3) is 0.240. The molecule has 0 fully saturated rings. The minimum absolute atomic E-state index is 0.0272. The fourth-order valence-corrected chi connectivity index (χ4v) is 4.82. The number of nitrogens with zero attached hydrogens (tertiary/aromatic N) is 1. The van der Waals surface area contributed by atoms with Crippen LogP contribution in [0.4, 0.5) is 5.69 Å². The van der Waals surface area contributed by atoms with Gasteiger partial charge in [0.1, 0.15) is 24.7 Å². The molecule has 0 unspecified atom stereocenters. The van der Waals surface area contributed by atoms with Crippen LogP contribution < -0.4 is 19.1 Å². The van der Waals surface area contributed by atoms with Gasteiger partial charge in [0.15, 0.2) is 0 Å². The van der Waals surface area contributed by atoms with Gasteiger partial charge in [0.25, 0.3) is 10.0 Å². The van der Waals surface area contributed by atoms with Crippen LogP contribution in [0.5, 0.6) is 11.5 Å². The fourth-order valence-electron chi connectivity index (χ4n) is 3.22. The van der Waals surface area contributed by atoms with E-state index in [1.165, 1.54) is 25.3 Å². The Labute approximate surface area is 205 Å². The summed E-state index contributed by atoms with van der Waals surface area (Å²) in [6.45, 7) is 3.97. The lowest BCUT2D eigenvalue weighted by Crippen LogP contribution is -2.41. The Morgan fingerprint density at radius 1 is 1.03 bits per heavy atom. The SMILES string of the molecule is COc1ccc(S(=O)(=O)N(CC(=O)NCCOc2cc(C)ccc2C)c2cccc(Cl)c2)cc1. The third-order valence-corrected chi connectivity index (χ3v) is 7.08. The molecule has 1 amide bonds. The molecule has 0 saturated carbocycles. The average molecular weight is 503 g/mol. The van der Waals surface area contributed by atoms with Crippen LogP contribution in [0, 0.1) is 13.8 Å². The van der Waals surface area contributed by atoms with Gasteiger partial charge in [0, 0.05) is 5.02 Å². The Balaban J connectivity index is 1.72. The van der Waals surface area contributed by atoms with Gasteiger partial charge in [-0.05, 0) is 73.5 Å². The van der Waals surface area contributed by atoms with Crippen LogP contribution in [0.3, 0.4) is 0 Å². The monoisotopic (exact) mass is 502 g/mol. The van der Waals surface area contributed by atoms with E-state index in [9.17, 15) is 13.2 Å². The molecule has 0 atom stereocenters. The first-order chi connectivity index (χ1) is 16.2. The number of carbonyl (C=O) groups is 1. The molecular weight excluding hydrogens is 476 g/mol. The first-order valence-corrected chi connectivity index (χ1v) is 12.4. The maximum absolute atomic E-state index is 13.4. The number of hydrogen-bond donors (Lipinski definition) is 1. The third-order valence-electron chi connectivity index (χ3n) is 5.06. The van der Waals surface area contributed by atoms with Crippen molar-refractivity contribution in [1.29, 1.82) is 0 Å². The predicted molar refractivity (Wildman–Crippen MR) is 133 cm³/mol. The Morgan fingerprint density at radius 3 is 2.44 bits per heavy atom. The van der Waals surface area contributed by atoms with Crippen molar-refractivity contribution in [3.05, 3.63) is 82.9 Å². The number of ether oxygens (including phenoxy) is 2. The van der Waals surface area contributed by atoms with Crippen molar-refractivity contribution in [2.24, 2.45) is 0 Å². The normalized spacial score (nSPS) is 11.1. The molecule has 3 aromatic carbocycles. The van der Waals surface area contributed by atoms with E-state index in [-0.39, 0.29) is 23.7 Å². The molecule has 3 rings (SSSR count). The smallest absolute Gasteiger partial charge is 0.264 e. The van der Waals surface area contributed by atoms with Crippen molar-refractivity contribution in [2.75, 3.05) is 31.1 Å². The van der Waals surface area contributed by atoms with Crippen LogP contribution in [0.1, 0.15) is 11.1 Å². The number of methoxy groups -OCH3 is 1. The molecule has 180 valence electrons. The maximum Gasteiger partial charge on any atom is 0.264 e. The molecule has 0 radical (unpaired) electrons. The molecule has 34 heavy (non-hydrogen) atoms.